The number of allylic oxidation sites excluding steroid dienone is 5. The fourth-order valence-electron chi connectivity index (χ4n) is 5.82. The monoisotopic (exact) mass is 406 g/mol. The number of nitrogens with one attached hydrogen (secondary N) is 1. The van der Waals surface area contributed by atoms with Crippen LogP contribution in [0.1, 0.15) is 45.6 Å². The minimum atomic E-state index is -0.438. The van der Waals surface area contributed by atoms with E-state index >= 15 is 0 Å². The van der Waals surface area contributed by atoms with Crippen molar-refractivity contribution in [3.63, 3.8) is 0 Å². The van der Waals surface area contributed by atoms with Gasteiger partial charge >= 0.3 is 0 Å². The number of fused-ring (bicyclic) bond motifs is 3. The number of rotatable bonds is 5. The first kappa shape index (κ1) is 19.7. The molecular weight excluding hydrogens is 372 g/mol. The van der Waals surface area contributed by atoms with Crippen molar-refractivity contribution in [2.24, 2.45) is 11.8 Å². The van der Waals surface area contributed by atoms with Crippen LogP contribution in [0.5, 0.6) is 0 Å². The predicted octanol–water partition coefficient (Wildman–Crippen LogP) is 4.89. The number of hydrogen-bond acceptors (Lipinski definition) is 4. The maximum Gasteiger partial charge on any atom is 0.209 e. The van der Waals surface area contributed by atoms with Gasteiger partial charge < -0.3 is 19.7 Å². The van der Waals surface area contributed by atoms with Crippen LogP contribution in [0.25, 0.3) is 0 Å². The lowest BCUT2D eigenvalue weighted by Gasteiger charge is -2.52. The third-order valence-electron chi connectivity index (χ3n) is 7.49. The summed E-state index contributed by atoms with van der Waals surface area (Å²) in [5, 5.41) is 3.86. The molecule has 5 rings (SSSR count). The molecule has 1 aromatic rings. The Morgan fingerprint density at radius 2 is 2.00 bits per heavy atom. The van der Waals surface area contributed by atoms with Crippen molar-refractivity contribution < 1.29 is 9.47 Å². The molecule has 3 unspecified atom stereocenters. The molecule has 0 amide bonds. The summed E-state index contributed by atoms with van der Waals surface area (Å²) >= 11 is 0. The van der Waals surface area contributed by atoms with Crippen LogP contribution in [-0.4, -0.2) is 32.0 Å². The van der Waals surface area contributed by atoms with E-state index in [9.17, 15) is 0 Å². The smallest absolute Gasteiger partial charge is 0.209 e. The molecule has 2 heterocycles. The van der Waals surface area contributed by atoms with Crippen molar-refractivity contribution in [1.29, 1.82) is 0 Å². The second-order valence-corrected chi connectivity index (χ2v) is 9.48. The van der Waals surface area contributed by atoms with Gasteiger partial charge in [-0.2, -0.15) is 0 Å². The number of benzene rings is 1. The number of nitrogens with zero attached hydrogens (tertiary/aromatic N) is 1. The molecule has 4 nitrogen and oxygen atoms in total. The van der Waals surface area contributed by atoms with Crippen molar-refractivity contribution in [3.8, 4) is 0 Å². The summed E-state index contributed by atoms with van der Waals surface area (Å²) in [5.74, 6) is 2.17. The Bertz CT molecular complexity index is 900. The largest absolute Gasteiger partial charge is 0.468 e. The molecule has 0 fully saturated rings. The van der Waals surface area contributed by atoms with Crippen LogP contribution in [0.3, 0.4) is 0 Å². The van der Waals surface area contributed by atoms with Gasteiger partial charge in [0.25, 0.3) is 0 Å². The molecule has 0 radical (unpaired) electrons. The van der Waals surface area contributed by atoms with Gasteiger partial charge in [-0.1, -0.05) is 49.4 Å². The average molecular weight is 407 g/mol. The molecule has 4 aliphatic rings. The van der Waals surface area contributed by atoms with Gasteiger partial charge in [0.2, 0.25) is 5.72 Å². The summed E-state index contributed by atoms with van der Waals surface area (Å²) in [6.07, 6.45) is 12.2. The minimum absolute atomic E-state index is 0.140. The van der Waals surface area contributed by atoms with E-state index in [-0.39, 0.29) is 5.41 Å². The van der Waals surface area contributed by atoms with Crippen LogP contribution in [-0.2, 0) is 14.9 Å². The topological polar surface area (TPSA) is 33.7 Å². The van der Waals surface area contributed by atoms with Crippen LogP contribution in [0.4, 0.5) is 5.69 Å². The maximum atomic E-state index is 7.08. The molecule has 0 aromatic heterocycles. The van der Waals surface area contributed by atoms with Gasteiger partial charge in [-0.3, -0.25) is 0 Å². The van der Waals surface area contributed by atoms with E-state index in [1.807, 2.05) is 0 Å². The van der Waals surface area contributed by atoms with E-state index in [0.29, 0.717) is 18.4 Å². The van der Waals surface area contributed by atoms with Gasteiger partial charge in [0.15, 0.2) is 0 Å². The standard InChI is InChI=1S/C26H34N2O2/c1-4-16-29-17-15-28-22-12-8-7-11-21(22)25(2,3)26(28)18-27-24-20-10-6-5-9-19(20)13-14-23(24)30-26/h5-12,19-20,27H,4,13-18H2,1-3H3. The molecule has 3 atom stereocenters. The maximum absolute atomic E-state index is 7.08. The first-order chi connectivity index (χ1) is 14.6. The van der Waals surface area contributed by atoms with Crippen LogP contribution < -0.4 is 10.2 Å². The van der Waals surface area contributed by atoms with Gasteiger partial charge in [-0.25, -0.2) is 0 Å². The molecular formula is C26H34N2O2. The first-order valence-corrected chi connectivity index (χ1v) is 11.5. The highest BCUT2D eigenvalue weighted by Crippen LogP contribution is 2.55. The average Bonchev–Trinajstić information content (AvgIpc) is 2.95. The molecule has 160 valence electrons. The van der Waals surface area contributed by atoms with Gasteiger partial charge in [-0.05, 0) is 44.2 Å². The van der Waals surface area contributed by atoms with E-state index in [1.54, 1.807) is 0 Å². The zero-order valence-corrected chi connectivity index (χ0v) is 18.5. The van der Waals surface area contributed by atoms with Gasteiger partial charge in [0.1, 0.15) is 5.76 Å². The number of ether oxygens (including phenoxy) is 2. The van der Waals surface area contributed by atoms with E-state index in [1.165, 1.54) is 16.9 Å². The van der Waals surface area contributed by atoms with Crippen LogP contribution in [0.2, 0.25) is 0 Å². The molecule has 30 heavy (non-hydrogen) atoms. The SMILES string of the molecule is CCCOCCN1c2ccccc2C(C)(C)C12CNC1=C(CCC3C=CC=CC13)O2. The molecule has 2 aliphatic heterocycles. The Balaban J connectivity index is 1.51. The molecule has 1 N–H and O–H groups in total. The summed E-state index contributed by atoms with van der Waals surface area (Å²) in [7, 11) is 0. The Labute approximate surface area is 180 Å². The summed E-state index contributed by atoms with van der Waals surface area (Å²) in [6.45, 7) is 9.96. The van der Waals surface area contributed by atoms with Crippen molar-refractivity contribution in [2.75, 3.05) is 31.2 Å². The zero-order chi connectivity index (χ0) is 20.8. The number of para-hydroxylation sites is 1. The lowest BCUT2D eigenvalue weighted by molar-refractivity contribution is -0.0684. The highest BCUT2D eigenvalue weighted by atomic mass is 16.5. The molecule has 0 saturated heterocycles. The van der Waals surface area contributed by atoms with Crippen molar-refractivity contribution in [3.05, 3.63) is 65.6 Å². The van der Waals surface area contributed by atoms with Crippen molar-refractivity contribution >= 4 is 5.69 Å². The second-order valence-electron chi connectivity index (χ2n) is 9.48. The summed E-state index contributed by atoms with van der Waals surface area (Å²) in [5.41, 5.74) is 3.36. The van der Waals surface area contributed by atoms with Crippen LogP contribution in [0, 0.1) is 11.8 Å². The third kappa shape index (κ3) is 2.84. The van der Waals surface area contributed by atoms with Crippen LogP contribution in [0.15, 0.2) is 60.0 Å². The highest BCUT2D eigenvalue weighted by Gasteiger charge is 2.61. The van der Waals surface area contributed by atoms with E-state index < -0.39 is 5.72 Å². The Hall–Kier alpha value is -2.20. The van der Waals surface area contributed by atoms with Gasteiger partial charge in [0.05, 0.1) is 24.3 Å². The normalized spacial score (nSPS) is 30.6. The summed E-state index contributed by atoms with van der Waals surface area (Å²) < 4.78 is 13.0. The van der Waals surface area contributed by atoms with Gasteiger partial charge in [0, 0.05) is 31.2 Å². The first-order valence-electron chi connectivity index (χ1n) is 11.5. The lowest BCUT2D eigenvalue weighted by atomic mass is 9.74. The predicted molar refractivity (Wildman–Crippen MR) is 121 cm³/mol. The molecule has 2 aliphatic carbocycles. The molecule has 0 saturated carbocycles. The zero-order valence-electron chi connectivity index (χ0n) is 18.5. The number of hydrogen-bond donors (Lipinski definition) is 1. The Kier molecular flexibility index (Phi) is 4.93. The Morgan fingerprint density at radius 3 is 2.87 bits per heavy atom. The minimum Gasteiger partial charge on any atom is -0.468 e. The lowest BCUT2D eigenvalue weighted by Crippen LogP contribution is -2.66. The van der Waals surface area contributed by atoms with Crippen molar-refractivity contribution in [1.82, 2.24) is 5.32 Å². The fourth-order valence-corrected chi connectivity index (χ4v) is 5.82. The second kappa shape index (κ2) is 7.49. The van der Waals surface area contributed by atoms with E-state index in [4.69, 9.17) is 9.47 Å². The quantitative estimate of drug-likeness (QED) is 0.706. The van der Waals surface area contributed by atoms with E-state index in [0.717, 1.165) is 44.7 Å². The molecule has 1 spiro atoms. The Morgan fingerprint density at radius 1 is 1.17 bits per heavy atom. The van der Waals surface area contributed by atoms with Crippen molar-refractivity contribution in [2.45, 2.75) is 51.2 Å². The van der Waals surface area contributed by atoms with E-state index in [2.05, 4.69) is 79.6 Å². The summed E-state index contributed by atoms with van der Waals surface area (Å²) in [4.78, 5) is 2.47. The molecule has 4 heteroatoms. The van der Waals surface area contributed by atoms with Gasteiger partial charge in [-0.15, -0.1) is 0 Å². The molecule has 0 bridgehead atoms. The highest BCUT2D eigenvalue weighted by molar-refractivity contribution is 5.66. The fraction of sp³-hybridized carbons (Fsp3) is 0.538. The number of anilines is 1. The summed E-state index contributed by atoms with van der Waals surface area (Å²) in [6, 6.07) is 8.79. The molecule has 1 aromatic carbocycles. The third-order valence-corrected chi connectivity index (χ3v) is 7.49. The van der Waals surface area contributed by atoms with Crippen LogP contribution >= 0.6 is 0 Å².